The van der Waals surface area contributed by atoms with Crippen LogP contribution >= 0.6 is 11.6 Å². The summed E-state index contributed by atoms with van der Waals surface area (Å²) in [6, 6.07) is 5.16. The molecule has 0 aromatic carbocycles. The van der Waals surface area contributed by atoms with Crippen LogP contribution in [0.15, 0.2) is 18.3 Å². The Bertz CT molecular complexity index is 389. The summed E-state index contributed by atoms with van der Waals surface area (Å²) in [5, 5.41) is 4.24. The van der Waals surface area contributed by atoms with Crippen molar-refractivity contribution in [2.45, 2.75) is 51.7 Å². The number of piperidine rings is 1. The number of rotatable bonds is 5. The molecule has 0 bridgehead atoms. The molecule has 0 saturated carbocycles. The van der Waals surface area contributed by atoms with Gasteiger partial charge in [-0.3, -0.25) is 4.90 Å². The highest BCUT2D eigenvalue weighted by Gasteiger charge is 2.19. The van der Waals surface area contributed by atoms with Crippen molar-refractivity contribution in [1.82, 2.24) is 15.2 Å². The molecule has 1 saturated heterocycles. The van der Waals surface area contributed by atoms with E-state index in [0.29, 0.717) is 17.2 Å². The van der Waals surface area contributed by atoms with Gasteiger partial charge in [-0.25, -0.2) is 4.98 Å². The van der Waals surface area contributed by atoms with Crippen molar-refractivity contribution in [2.75, 3.05) is 13.1 Å². The molecular weight excluding hydrogens is 258 g/mol. The van der Waals surface area contributed by atoms with Crippen LogP contribution in [0.1, 0.15) is 38.7 Å². The normalized spacial score (nSPS) is 20.2. The standard InChI is InChI=1S/C15H24ClN3/c1-12(2)19(11-14-7-3-4-8-17-14)10-13-6-5-9-18-15(13)16/h5-6,9,12,14,17H,3-4,7-8,10-11H2,1-2H3. The lowest BCUT2D eigenvalue weighted by Gasteiger charge is -2.33. The molecule has 0 spiro atoms. The van der Waals surface area contributed by atoms with E-state index >= 15 is 0 Å². The fraction of sp³-hybridized carbons (Fsp3) is 0.667. The van der Waals surface area contributed by atoms with Gasteiger partial charge in [0, 0.05) is 36.9 Å². The van der Waals surface area contributed by atoms with Crippen LogP contribution in [0.25, 0.3) is 0 Å². The van der Waals surface area contributed by atoms with Crippen LogP contribution in [0.3, 0.4) is 0 Å². The van der Waals surface area contributed by atoms with Crippen molar-refractivity contribution in [3.63, 3.8) is 0 Å². The van der Waals surface area contributed by atoms with E-state index in [1.165, 1.54) is 19.3 Å². The van der Waals surface area contributed by atoms with E-state index < -0.39 is 0 Å². The highest BCUT2D eigenvalue weighted by Crippen LogP contribution is 2.17. The number of nitrogens with zero attached hydrogens (tertiary/aromatic N) is 2. The Balaban J connectivity index is 1.97. The maximum absolute atomic E-state index is 6.16. The fourth-order valence-corrected chi connectivity index (χ4v) is 2.76. The summed E-state index contributed by atoms with van der Waals surface area (Å²) in [6.45, 7) is 7.61. The van der Waals surface area contributed by atoms with Gasteiger partial charge in [0.25, 0.3) is 0 Å². The highest BCUT2D eigenvalue weighted by molar-refractivity contribution is 6.30. The molecule has 1 unspecified atom stereocenters. The third-order valence-electron chi connectivity index (χ3n) is 3.81. The molecule has 2 heterocycles. The Morgan fingerprint density at radius 3 is 2.95 bits per heavy atom. The summed E-state index contributed by atoms with van der Waals surface area (Å²) < 4.78 is 0. The minimum atomic E-state index is 0.514. The zero-order valence-corrected chi connectivity index (χ0v) is 12.7. The topological polar surface area (TPSA) is 28.2 Å². The largest absolute Gasteiger partial charge is 0.313 e. The first kappa shape index (κ1) is 14.8. The number of nitrogens with one attached hydrogen (secondary N) is 1. The van der Waals surface area contributed by atoms with Gasteiger partial charge in [-0.15, -0.1) is 0 Å². The van der Waals surface area contributed by atoms with E-state index in [2.05, 4.69) is 35.1 Å². The van der Waals surface area contributed by atoms with Crippen LogP contribution in [-0.2, 0) is 6.54 Å². The average molecular weight is 282 g/mol. The molecule has 0 amide bonds. The Kier molecular flexibility index (Phi) is 5.61. The smallest absolute Gasteiger partial charge is 0.133 e. The van der Waals surface area contributed by atoms with Crippen LogP contribution < -0.4 is 5.32 Å². The molecular formula is C15H24ClN3. The summed E-state index contributed by atoms with van der Waals surface area (Å²) in [6.07, 6.45) is 5.68. The lowest BCUT2D eigenvalue weighted by molar-refractivity contribution is 0.177. The van der Waals surface area contributed by atoms with Gasteiger partial charge in [-0.1, -0.05) is 24.1 Å². The van der Waals surface area contributed by atoms with E-state index in [0.717, 1.165) is 25.2 Å². The van der Waals surface area contributed by atoms with E-state index in [1.54, 1.807) is 6.20 Å². The zero-order valence-electron chi connectivity index (χ0n) is 11.9. The molecule has 1 aliphatic rings. The lowest BCUT2D eigenvalue weighted by Crippen LogP contribution is -2.45. The fourth-order valence-electron chi connectivity index (χ4n) is 2.58. The predicted octanol–water partition coefficient (Wildman–Crippen LogP) is 3.09. The number of pyridine rings is 1. The zero-order chi connectivity index (χ0) is 13.7. The van der Waals surface area contributed by atoms with E-state index in [4.69, 9.17) is 11.6 Å². The SMILES string of the molecule is CC(C)N(Cc1cccnc1Cl)CC1CCCCN1. The number of halogens is 1. The van der Waals surface area contributed by atoms with E-state index in [9.17, 15) is 0 Å². The average Bonchev–Trinajstić information content (AvgIpc) is 2.41. The minimum absolute atomic E-state index is 0.514. The second-order valence-corrected chi connectivity index (χ2v) is 5.98. The summed E-state index contributed by atoms with van der Waals surface area (Å²) in [5.74, 6) is 0. The van der Waals surface area contributed by atoms with Crippen molar-refractivity contribution < 1.29 is 0 Å². The maximum Gasteiger partial charge on any atom is 0.133 e. The van der Waals surface area contributed by atoms with Crippen molar-refractivity contribution in [1.29, 1.82) is 0 Å². The van der Waals surface area contributed by atoms with Crippen molar-refractivity contribution >= 4 is 11.6 Å². The van der Waals surface area contributed by atoms with Crippen LogP contribution in [0, 0.1) is 0 Å². The number of aromatic nitrogens is 1. The molecule has 1 aromatic heterocycles. The Morgan fingerprint density at radius 1 is 1.47 bits per heavy atom. The molecule has 0 aliphatic carbocycles. The molecule has 0 radical (unpaired) electrons. The molecule has 1 atom stereocenters. The predicted molar refractivity (Wildman–Crippen MR) is 80.4 cm³/mol. The monoisotopic (exact) mass is 281 g/mol. The molecule has 19 heavy (non-hydrogen) atoms. The van der Waals surface area contributed by atoms with Crippen molar-refractivity contribution in [3.05, 3.63) is 29.0 Å². The first-order valence-electron chi connectivity index (χ1n) is 7.23. The third kappa shape index (κ3) is 4.44. The Morgan fingerprint density at radius 2 is 2.32 bits per heavy atom. The van der Waals surface area contributed by atoms with Gasteiger partial charge < -0.3 is 5.32 Å². The lowest BCUT2D eigenvalue weighted by atomic mass is 10.0. The summed E-state index contributed by atoms with van der Waals surface area (Å²) >= 11 is 6.16. The molecule has 3 nitrogen and oxygen atoms in total. The quantitative estimate of drug-likeness (QED) is 0.841. The van der Waals surface area contributed by atoms with Gasteiger partial charge in [-0.2, -0.15) is 0 Å². The second kappa shape index (κ2) is 7.22. The van der Waals surface area contributed by atoms with Crippen LogP contribution in [0.5, 0.6) is 0 Å². The molecule has 1 fully saturated rings. The molecule has 106 valence electrons. The molecule has 1 aromatic rings. The van der Waals surface area contributed by atoms with Crippen LogP contribution in [0.4, 0.5) is 0 Å². The van der Waals surface area contributed by atoms with Crippen LogP contribution in [-0.4, -0.2) is 35.1 Å². The Hall–Kier alpha value is -0.640. The number of hydrogen-bond acceptors (Lipinski definition) is 3. The first-order chi connectivity index (χ1) is 9.16. The Labute approximate surface area is 121 Å². The first-order valence-corrected chi connectivity index (χ1v) is 7.61. The van der Waals surface area contributed by atoms with Gasteiger partial charge in [-0.05, 0) is 39.3 Å². The van der Waals surface area contributed by atoms with Crippen molar-refractivity contribution in [3.8, 4) is 0 Å². The van der Waals surface area contributed by atoms with Crippen molar-refractivity contribution in [2.24, 2.45) is 0 Å². The summed E-state index contributed by atoms with van der Waals surface area (Å²) in [4.78, 5) is 6.64. The molecule has 2 rings (SSSR count). The van der Waals surface area contributed by atoms with E-state index in [1.807, 2.05) is 6.07 Å². The maximum atomic E-state index is 6.16. The minimum Gasteiger partial charge on any atom is -0.313 e. The van der Waals surface area contributed by atoms with E-state index in [-0.39, 0.29) is 0 Å². The molecule has 1 N–H and O–H groups in total. The van der Waals surface area contributed by atoms with Gasteiger partial charge in [0.1, 0.15) is 5.15 Å². The van der Waals surface area contributed by atoms with Gasteiger partial charge >= 0.3 is 0 Å². The molecule has 4 heteroatoms. The second-order valence-electron chi connectivity index (χ2n) is 5.62. The summed E-state index contributed by atoms with van der Waals surface area (Å²) in [7, 11) is 0. The summed E-state index contributed by atoms with van der Waals surface area (Å²) in [5.41, 5.74) is 1.12. The van der Waals surface area contributed by atoms with Gasteiger partial charge in [0.05, 0.1) is 0 Å². The molecule has 1 aliphatic heterocycles. The third-order valence-corrected chi connectivity index (χ3v) is 4.15. The number of hydrogen-bond donors (Lipinski definition) is 1. The highest BCUT2D eigenvalue weighted by atomic mass is 35.5. The van der Waals surface area contributed by atoms with Crippen LogP contribution in [0.2, 0.25) is 5.15 Å². The van der Waals surface area contributed by atoms with Gasteiger partial charge in [0.15, 0.2) is 0 Å². The van der Waals surface area contributed by atoms with Gasteiger partial charge in [0.2, 0.25) is 0 Å².